The highest BCUT2D eigenvalue weighted by molar-refractivity contribution is 5.75. The van der Waals surface area contributed by atoms with Crippen molar-refractivity contribution in [3.05, 3.63) is 34.0 Å². The number of carbonyl (C=O) groups is 1. The second kappa shape index (κ2) is 5.28. The summed E-state index contributed by atoms with van der Waals surface area (Å²) >= 11 is 0. The van der Waals surface area contributed by atoms with Gasteiger partial charge in [0.25, 0.3) is 5.70 Å². The molecule has 2 N–H and O–H groups in total. The van der Waals surface area contributed by atoms with Crippen molar-refractivity contribution in [3.8, 4) is 0 Å². The fourth-order valence-electron chi connectivity index (χ4n) is 2.07. The van der Waals surface area contributed by atoms with Crippen molar-refractivity contribution in [2.45, 2.75) is 18.6 Å². The fraction of sp³-hybridized carbons (Fsp3) is 0.545. The molecule has 1 fully saturated rings. The molecule has 1 atom stereocenters. The zero-order valence-corrected chi connectivity index (χ0v) is 9.82. The van der Waals surface area contributed by atoms with Crippen LogP contribution >= 0.6 is 0 Å². The van der Waals surface area contributed by atoms with Crippen LogP contribution in [0.1, 0.15) is 6.42 Å². The molecule has 1 saturated heterocycles. The molecule has 98 valence electrons. The Bertz CT molecular complexity index is 413. The van der Waals surface area contributed by atoms with Crippen molar-refractivity contribution in [2.75, 3.05) is 19.7 Å². The van der Waals surface area contributed by atoms with Gasteiger partial charge in [-0.1, -0.05) is 6.08 Å². The summed E-state index contributed by atoms with van der Waals surface area (Å²) in [5, 5.41) is 10.7. The van der Waals surface area contributed by atoms with Crippen LogP contribution in [-0.2, 0) is 9.53 Å². The largest absolute Gasteiger partial charge is 0.368 e. The van der Waals surface area contributed by atoms with Crippen LogP contribution in [-0.4, -0.2) is 47.6 Å². The van der Waals surface area contributed by atoms with Gasteiger partial charge in [0.15, 0.2) is 0 Å². The summed E-state index contributed by atoms with van der Waals surface area (Å²) in [7, 11) is 0. The van der Waals surface area contributed by atoms with E-state index in [0.29, 0.717) is 13.1 Å². The van der Waals surface area contributed by atoms with Gasteiger partial charge in [-0.25, -0.2) is 0 Å². The quantitative estimate of drug-likeness (QED) is 0.534. The van der Waals surface area contributed by atoms with Gasteiger partial charge in [-0.2, -0.15) is 0 Å². The van der Waals surface area contributed by atoms with E-state index in [-0.39, 0.29) is 29.4 Å². The third-order valence-corrected chi connectivity index (χ3v) is 3.05. The van der Waals surface area contributed by atoms with Crippen molar-refractivity contribution in [1.82, 2.24) is 4.90 Å². The van der Waals surface area contributed by atoms with Gasteiger partial charge in [-0.3, -0.25) is 19.8 Å². The van der Waals surface area contributed by atoms with Crippen molar-refractivity contribution in [3.63, 3.8) is 0 Å². The molecule has 0 radical (unpaired) electrons. The number of hydrogen-bond acceptors (Lipinski definition) is 5. The normalized spacial score (nSPS) is 24.4. The van der Waals surface area contributed by atoms with E-state index in [1.165, 1.54) is 6.08 Å². The Hall–Kier alpha value is -1.73. The molecule has 0 aromatic carbocycles. The Labute approximate surface area is 104 Å². The summed E-state index contributed by atoms with van der Waals surface area (Å²) in [6.45, 7) is 1.28. The topological polar surface area (TPSA) is 98.7 Å². The molecular formula is C11H15N3O4. The van der Waals surface area contributed by atoms with E-state index >= 15 is 0 Å². The van der Waals surface area contributed by atoms with Gasteiger partial charge in [-0.15, -0.1) is 0 Å². The monoisotopic (exact) mass is 253 g/mol. The minimum Gasteiger partial charge on any atom is -0.368 e. The van der Waals surface area contributed by atoms with E-state index in [1.54, 1.807) is 12.2 Å². The third-order valence-electron chi connectivity index (χ3n) is 3.05. The number of carbonyl (C=O) groups excluding carboxylic acids is 1. The predicted molar refractivity (Wildman–Crippen MR) is 63.1 cm³/mol. The Morgan fingerprint density at radius 2 is 2.33 bits per heavy atom. The van der Waals surface area contributed by atoms with Gasteiger partial charge < -0.3 is 10.5 Å². The molecule has 1 amide bonds. The molecule has 2 aliphatic rings. The van der Waals surface area contributed by atoms with Gasteiger partial charge in [0, 0.05) is 31.3 Å². The maximum atomic E-state index is 10.7. The summed E-state index contributed by atoms with van der Waals surface area (Å²) < 4.78 is 5.25. The maximum absolute atomic E-state index is 10.7. The zero-order chi connectivity index (χ0) is 13.1. The summed E-state index contributed by atoms with van der Waals surface area (Å²) in [5.41, 5.74) is 5.11. The molecule has 1 unspecified atom stereocenters. The van der Waals surface area contributed by atoms with Gasteiger partial charge >= 0.3 is 0 Å². The van der Waals surface area contributed by atoms with Gasteiger partial charge in [0.1, 0.15) is 6.61 Å². The van der Waals surface area contributed by atoms with Gasteiger partial charge in [0.2, 0.25) is 5.91 Å². The highest BCUT2D eigenvalue weighted by Crippen LogP contribution is 2.22. The van der Waals surface area contributed by atoms with E-state index in [9.17, 15) is 14.9 Å². The SMILES string of the molecule is NC(=O)COC1CN(C2C=C([N+](=O)[O-])C=CC2)C1. The van der Waals surface area contributed by atoms with Crippen molar-refractivity contribution < 1.29 is 14.5 Å². The van der Waals surface area contributed by atoms with Crippen LogP contribution in [0.4, 0.5) is 0 Å². The number of allylic oxidation sites excluding steroid dienone is 1. The number of rotatable bonds is 5. The third kappa shape index (κ3) is 2.93. The molecule has 0 bridgehead atoms. The van der Waals surface area contributed by atoms with Crippen LogP contribution in [0.25, 0.3) is 0 Å². The molecule has 7 nitrogen and oxygen atoms in total. The zero-order valence-electron chi connectivity index (χ0n) is 9.82. The number of amides is 1. The molecule has 0 aromatic heterocycles. The first-order chi connectivity index (χ1) is 8.56. The minimum atomic E-state index is -0.482. The van der Waals surface area contributed by atoms with Crippen molar-refractivity contribution in [2.24, 2.45) is 5.73 Å². The van der Waals surface area contributed by atoms with Crippen molar-refractivity contribution >= 4 is 5.91 Å². The Morgan fingerprint density at radius 1 is 1.61 bits per heavy atom. The molecule has 0 saturated carbocycles. The first-order valence-corrected chi connectivity index (χ1v) is 5.73. The minimum absolute atomic E-state index is 0.00383. The lowest BCUT2D eigenvalue weighted by Gasteiger charge is -2.42. The Balaban J connectivity index is 1.80. The van der Waals surface area contributed by atoms with Crippen LogP contribution in [0.15, 0.2) is 23.9 Å². The number of nitrogens with zero attached hydrogens (tertiary/aromatic N) is 2. The van der Waals surface area contributed by atoms with Crippen LogP contribution < -0.4 is 5.73 Å². The molecule has 0 aromatic rings. The second-order valence-corrected chi connectivity index (χ2v) is 4.41. The van der Waals surface area contributed by atoms with E-state index in [4.69, 9.17) is 10.5 Å². The summed E-state index contributed by atoms with van der Waals surface area (Å²) in [4.78, 5) is 22.9. The molecule has 1 aliphatic heterocycles. The first kappa shape index (κ1) is 12.7. The molecule has 7 heteroatoms. The number of primary amides is 1. The average Bonchev–Trinajstić information content (AvgIpc) is 2.27. The number of hydrogen-bond donors (Lipinski definition) is 1. The molecule has 18 heavy (non-hydrogen) atoms. The molecule has 1 aliphatic carbocycles. The molecule has 2 rings (SSSR count). The highest BCUT2D eigenvalue weighted by Gasteiger charge is 2.33. The average molecular weight is 253 g/mol. The predicted octanol–water partition coefficient (Wildman–Crippen LogP) is -0.338. The Morgan fingerprint density at radius 3 is 2.94 bits per heavy atom. The highest BCUT2D eigenvalue weighted by atomic mass is 16.6. The second-order valence-electron chi connectivity index (χ2n) is 4.41. The summed E-state index contributed by atoms with van der Waals surface area (Å²) in [6.07, 6.45) is 5.75. The number of ether oxygens (including phenoxy) is 1. The van der Waals surface area contributed by atoms with E-state index < -0.39 is 5.91 Å². The maximum Gasteiger partial charge on any atom is 0.266 e. The van der Waals surface area contributed by atoms with Crippen molar-refractivity contribution in [1.29, 1.82) is 0 Å². The summed E-state index contributed by atoms with van der Waals surface area (Å²) in [6, 6.07) is 0.0452. The molecule has 0 spiro atoms. The van der Waals surface area contributed by atoms with E-state index in [1.807, 2.05) is 0 Å². The smallest absolute Gasteiger partial charge is 0.266 e. The number of nitro groups is 1. The van der Waals surface area contributed by atoms with Gasteiger partial charge in [-0.05, 0) is 6.42 Å². The van der Waals surface area contributed by atoms with Crippen LogP contribution in [0.5, 0.6) is 0 Å². The van der Waals surface area contributed by atoms with Crippen LogP contribution in [0.2, 0.25) is 0 Å². The van der Waals surface area contributed by atoms with Gasteiger partial charge in [0.05, 0.1) is 11.0 Å². The molecule has 1 heterocycles. The van der Waals surface area contributed by atoms with Crippen LogP contribution in [0, 0.1) is 10.1 Å². The lowest BCUT2D eigenvalue weighted by atomic mass is 10.0. The molecular weight excluding hydrogens is 238 g/mol. The lowest BCUT2D eigenvalue weighted by Crippen LogP contribution is -2.56. The standard InChI is InChI=1S/C11H15N3O4/c12-11(15)7-18-10-5-13(6-10)8-2-1-3-9(4-8)14(16)17/h1,3-4,8,10H,2,5-7H2,(H2,12,15). The summed E-state index contributed by atoms with van der Waals surface area (Å²) in [5.74, 6) is -0.482. The number of likely N-dealkylation sites (tertiary alicyclic amines) is 1. The Kier molecular flexibility index (Phi) is 3.73. The number of nitrogens with two attached hydrogens (primary N) is 1. The fourth-order valence-corrected chi connectivity index (χ4v) is 2.07. The first-order valence-electron chi connectivity index (χ1n) is 5.73. The van der Waals surface area contributed by atoms with E-state index in [2.05, 4.69) is 4.90 Å². The van der Waals surface area contributed by atoms with E-state index in [0.717, 1.165) is 6.42 Å². The van der Waals surface area contributed by atoms with Crippen LogP contribution in [0.3, 0.4) is 0 Å². The lowest BCUT2D eigenvalue weighted by molar-refractivity contribution is -0.419.